The van der Waals surface area contributed by atoms with Gasteiger partial charge in [0.05, 0.1) is 5.56 Å². The number of hydrogen-bond acceptors (Lipinski definition) is 8. The lowest BCUT2D eigenvalue weighted by Crippen LogP contribution is -2.51. The number of carbonyl (C=O) groups excluding carboxylic acids is 1. The number of hydrogen-bond donors (Lipinski definition) is 0. The Kier molecular flexibility index (Phi) is 20.5. The van der Waals surface area contributed by atoms with Gasteiger partial charge in [0.15, 0.2) is 16.6 Å². The molecule has 0 unspecified atom stereocenters. The molecule has 2 atom stereocenters. The maximum Gasteiger partial charge on any atom is 0.351 e. The smallest absolute Gasteiger partial charge is 0.351 e. The van der Waals surface area contributed by atoms with Crippen LogP contribution in [-0.2, 0) is 37.8 Å². The van der Waals surface area contributed by atoms with Crippen molar-refractivity contribution in [1.82, 2.24) is 15.0 Å². The lowest BCUT2D eigenvalue weighted by Gasteiger charge is -2.39. The van der Waals surface area contributed by atoms with Crippen molar-refractivity contribution >= 4 is 22.4 Å². The summed E-state index contributed by atoms with van der Waals surface area (Å²) >= 11 is 0. The lowest BCUT2D eigenvalue weighted by molar-refractivity contribution is -0.156. The van der Waals surface area contributed by atoms with Crippen LogP contribution in [0.2, 0.25) is 39.3 Å². The zero-order valence-electron chi connectivity index (χ0n) is 49.8. The molecule has 90 heavy (non-hydrogen) atoms. The van der Waals surface area contributed by atoms with Gasteiger partial charge >= 0.3 is 17.8 Å². The van der Waals surface area contributed by atoms with E-state index in [-0.39, 0.29) is 0 Å². The average molecular weight is 1280 g/mol. The van der Waals surface area contributed by atoms with Crippen LogP contribution in [0, 0.1) is 78.3 Å². The topological polar surface area (TPSA) is 122 Å². The molecule has 9 aromatic rings. The van der Waals surface area contributed by atoms with Crippen LogP contribution >= 0.6 is 0 Å². The third-order valence-electron chi connectivity index (χ3n) is 13.6. The predicted octanol–water partition coefficient (Wildman–Crippen LogP) is 18.7. The van der Waals surface area contributed by atoms with E-state index >= 15 is 17.6 Å². The van der Waals surface area contributed by atoms with Crippen LogP contribution in [0.4, 0.5) is 52.7 Å². The Balaban J connectivity index is 0.000000193. The van der Waals surface area contributed by atoms with E-state index in [4.69, 9.17) is 8.85 Å². The summed E-state index contributed by atoms with van der Waals surface area (Å²) in [7, 11) is -5.67. The van der Waals surface area contributed by atoms with E-state index in [2.05, 4.69) is 15.0 Å². The molecule has 0 aliphatic carbocycles. The Morgan fingerprint density at radius 2 is 0.689 bits per heavy atom. The Morgan fingerprint density at radius 1 is 0.400 bits per heavy atom. The minimum Gasteiger partial charge on any atom is -0.392 e. The number of carbonyl (C=O) groups is 1. The molecule has 0 fully saturated rings. The second-order valence-corrected chi connectivity index (χ2v) is 31.7. The van der Waals surface area contributed by atoms with Gasteiger partial charge in [-0.1, -0.05) is 108 Å². The van der Waals surface area contributed by atoms with Crippen molar-refractivity contribution in [2.75, 3.05) is 0 Å². The number of aromatic nitrogens is 3. The van der Waals surface area contributed by atoms with Crippen LogP contribution in [0.15, 0.2) is 182 Å². The van der Waals surface area contributed by atoms with Gasteiger partial charge in [0, 0.05) is 64.6 Å². The van der Waals surface area contributed by atoms with Gasteiger partial charge in [-0.05, 0) is 131 Å². The van der Waals surface area contributed by atoms with E-state index < -0.39 is 120 Å². The molecule has 6 aromatic carbocycles. The summed E-state index contributed by atoms with van der Waals surface area (Å²) in [5.74, 6) is -20.7. The van der Waals surface area contributed by atoms with Crippen LogP contribution in [0.25, 0.3) is 33.4 Å². The summed E-state index contributed by atoms with van der Waals surface area (Å²) in [5.41, 5.74) is -3.40. The van der Waals surface area contributed by atoms with E-state index in [0.717, 1.165) is 81.9 Å². The number of nitriles is 2. The van der Waals surface area contributed by atoms with E-state index in [9.17, 15) is 50.4 Å². The van der Waals surface area contributed by atoms with Crippen molar-refractivity contribution < 1.29 is 66.3 Å². The monoisotopic (exact) mass is 1280 g/mol. The average Bonchev–Trinajstić information content (AvgIpc) is 0.747. The van der Waals surface area contributed by atoms with Crippen molar-refractivity contribution in [3.8, 4) is 45.5 Å². The highest BCUT2D eigenvalue weighted by molar-refractivity contribution is 6.70. The van der Waals surface area contributed by atoms with Crippen LogP contribution in [-0.4, -0.2) is 37.4 Å². The van der Waals surface area contributed by atoms with Crippen molar-refractivity contribution in [3.63, 3.8) is 0 Å². The molecule has 0 saturated carbocycles. The Morgan fingerprint density at radius 3 is 0.956 bits per heavy atom. The molecule has 0 radical (unpaired) electrons. The molecule has 0 saturated heterocycles. The molecule has 464 valence electrons. The zero-order valence-corrected chi connectivity index (χ0v) is 51.8. The molecule has 9 rings (SSSR count). The quantitative estimate of drug-likeness (QED) is 0.0533. The van der Waals surface area contributed by atoms with Crippen molar-refractivity contribution in [1.29, 1.82) is 10.5 Å². The van der Waals surface area contributed by atoms with Gasteiger partial charge in [0.2, 0.25) is 17.0 Å². The second kappa shape index (κ2) is 27.0. The summed E-state index contributed by atoms with van der Waals surface area (Å²) in [6.07, 6.45) is 3.76. The molecular weight excluding hydrogens is 1220 g/mol. The minimum absolute atomic E-state index is 0.386. The molecule has 22 heteroatoms. The maximum absolute atomic E-state index is 15.9. The van der Waals surface area contributed by atoms with E-state index in [1.54, 1.807) is 39.3 Å². The Bertz CT molecular complexity index is 3910. The summed E-state index contributed by atoms with van der Waals surface area (Å²) < 4.78 is 187. The molecule has 3 heterocycles. The molecule has 0 spiro atoms. The molecular formula is C68H57F12N5O3Si2. The van der Waals surface area contributed by atoms with Crippen molar-refractivity contribution in [2.45, 2.75) is 89.0 Å². The molecule has 0 bridgehead atoms. The molecule has 3 aromatic heterocycles. The number of halogens is 12. The van der Waals surface area contributed by atoms with Crippen LogP contribution in [0.3, 0.4) is 0 Å². The fourth-order valence-corrected chi connectivity index (χ4v) is 11.6. The fraction of sp³-hybridized carbons (Fsp3) is 0.206. The van der Waals surface area contributed by atoms with Crippen LogP contribution in [0.1, 0.15) is 55.3 Å². The molecule has 8 nitrogen and oxygen atoms in total. The third kappa shape index (κ3) is 15.1. The van der Waals surface area contributed by atoms with E-state index in [1.807, 2.05) is 93.6 Å². The first kappa shape index (κ1) is 68.4. The number of ketones is 1. The number of aryl methyl sites for hydroxylation is 3. The number of alkyl halides is 6. The van der Waals surface area contributed by atoms with Gasteiger partial charge in [-0.15, -0.1) is 0 Å². The molecule has 0 N–H and O–H groups in total. The summed E-state index contributed by atoms with van der Waals surface area (Å²) in [5, 5.41) is 19.8. The summed E-state index contributed by atoms with van der Waals surface area (Å²) in [6.45, 7) is 15.4. The second-order valence-electron chi connectivity index (χ2n) is 22.8. The molecule has 0 aliphatic rings. The molecule has 0 amide bonds. The summed E-state index contributed by atoms with van der Waals surface area (Å²) in [4.78, 5) is 23.5. The van der Waals surface area contributed by atoms with Crippen LogP contribution < -0.4 is 0 Å². The highest BCUT2D eigenvalue weighted by Gasteiger charge is 2.63. The van der Waals surface area contributed by atoms with E-state index in [1.165, 1.54) is 48.9 Å². The van der Waals surface area contributed by atoms with Gasteiger partial charge < -0.3 is 8.85 Å². The first-order valence-corrected chi connectivity index (χ1v) is 34.3. The first-order chi connectivity index (χ1) is 42.1. The lowest BCUT2D eigenvalue weighted by atomic mass is 9.86. The van der Waals surface area contributed by atoms with Gasteiger partial charge in [-0.3, -0.25) is 19.7 Å². The van der Waals surface area contributed by atoms with Gasteiger partial charge in [0.1, 0.15) is 64.1 Å². The Labute approximate surface area is 514 Å². The third-order valence-corrected chi connectivity index (χ3v) is 15.4. The number of pyridine rings is 3. The SMILES string of the molecule is Cc1ccc(-c2ccc(C(F)(F)C(=O)c3ccc(F)cc3F)nc2)cc1.Cc1ccc(-c2ccc(C(F)(F)[C@@](C#N)(O[Si](C)(C)C)c3ccc(F)cc3F)nc2)cc1.Cc1ccc(-c2ccc(C(F)(F)[C@](C#N)(O[Si](C)(C)C)c3ccc(F)cc3F)nc2)cc1. The zero-order chi connectivity index (χ0) is 66.4. The first-order valence-electron chi connectivity index (χ1n) is 27.5. The van der Waals surface area contributed by atoms with Gasteiger partial charge in [-0.2, -0.15) is 36.9 Å². The highest BCUT2D eigenvalue weighted by Crippen LogP contribution is 2.51. The predicted molar refractivity (Wildman–Crippen MR) is 322 cm³/mol. The summed E-state index contributed by atoms with van der Waals surface area (Å²) in [6, 6.07) is 38.9. The fourth-order valence-electron chi connectivity index (χ4n) is 9.16. The van der Waals surface area contributed by atoms with Crippen molar-refractivity contribution in [3.05, 3.63) is 268 Å². The number of benzene rings is 6. The number of nitrogens with zero attached hydrogens (tertiary/aromatic N) is 5. The number of rotatable bonds is 16. The van der Waals surface area contributed by atoms with Gasteiger partial charge in [0.25, 0.3) is 0 Å². The van der Waals surface area contributed by atoms with Crippen molar-refractivity contribution in [2.24, 2.45) is 0 Å². The Hall–Kier alpha value is -9.07. The number of Topliss-reactive ketones (excluding diaryl/α,β-unsaturated/α-hetero) is 1. The van der Waals surface area contributed by atoms with Crippen LogP contribution in [0.5, 0.6) is 0 Å². The minimum atomic E-state index is -4.04. The highest BCUT2D eigenvalue weighted by atomic mass is 28.4. The maximum atomic E-state index is 15.9. The normalized spacial score (nSPS) is 13.2. The van der Waals surface area contributed by atoms with E-state index in [0.29, 0.717) is 41.0 Å². The standard InChI is InChI=1S/2C24H22F4N2OSi.C20H13F4NO/c2*1-16-5-7-17(8-6-16)18-9-12-22(30-14-18)24(27,28)23(15-29,31-32(2,3)4)20-11-10-19(25)13-21(20)26;1-12-2-4-13(5-3-12)14-6-9-18(25-11-14)20(23,24)19(26)16-8-7-15(21)10-17(16)22/h2*5-14H,1-4H3;2-11H,1H3/t2*23-;/m10./s1. The molecule has 0 aliphatic heterocycles. The van der Waals surface area contributed by atoms with Gasteiger partial charge in [-0.25, -0.2) is 26.3 Å². The largest absolute Gasteiger partial charge is 0.392 e.